The SMILES string of the molecule is C=CC(=O)Nc1ccccc1N=C1N/C(CCc2ccc3c(c2O)CCCC(=O)N3CCCN)=C/CCC=C1Cl. The molecule has 5 N–H and O–H groups in total. The zero-order chi connectivity index (χ0) is 28.5. The molecule has 0 saturated heterocycles. The van der Waals surface area contributed by atoms with Crippen LogP contribution in [-0.2, 0) is 22.4 Å². The van der Waals surface area contributed by atoms with Crippen molar-refractivity contribution in [3.05, 3.63) is 83.1 Å². The molecule has 0 fully saturated rings. The summed E-state index contributed by atoms with van der Waals surface area (Å²) in [4.78, 5) is 31.1. The Bertz CT molecular complexity index is 1360. The molecule has 2 aliphatic heterocycles. The van der Waals surface area contributed by atoms with E-state index in [9.17, 15) is 14.7 Å². The maximum absolute atomic E-state index is 12.7. The number of amides is 2. The molecule has 8 nitrogen and oxygen atoms in total. The highest BCUT2D eigenvalue weighted by atomic mass is 35.5. The van der Waals surface area contributed by atoms with Crippen LogP contribution in [0.1, 0.15) is 49.7 Å². The van der Waals surface area contributed by atoms with Crippen LogP contribution in [0.15, 0.2) is 76.9 Å². The van der Waals surface area contributed by atoms with Crippen molar-refractivity contribution in [3.8, 4) is 5.75 Å². The first-order valence-corrected chi connectivity index (χ1v) is 14.1. The average molecular weight is 562 g/mol. The Morgan fingerprint density at radius 1 is 1.18 bits per heavy atom. The number of hydrogen-bond donors (Lipinski definition) is 4. The molecule has 2 heterocycles. The molecule has 2 aromatic carbocycles. The maximum Gasteiger partial charge on any atom is 0.247 e. The first kappa shape index (κ1) is 29.1. The largest absolute Gasteiger partial charge is 0.507 e. The molecule has 40 heavy (non-hydrogen) atoms. The lowest BCUT2D eigenvalue weighted by Gasteiger charge is -2.24. The number of phenolic OH excluding ortho intramolecular Hbond substituents is 1. The Balaban J connectivity index is 1.54. The summed E-state index contributed by atoms with van der Waals surface area (Å²) in [7, 11) is 0. The Kier molecular flexibility index (Phi) is 10.2. The predicted molar refractivity (Wildman–Crippen MR) is 162 cm³/mol. The van der Waals surface area contributed by atoms with Gasteiger partial charge in [0.1, 0.15) is 11.6 Å². The molecule has 0 aliphatic carbocycles. The number of carbonyl (C=O) groups is 2. The smallest absolute Gasteiger partial charge is 0.247 e. The molecule has 4 rings (SSSR count). The molecule has 0 saturated carbocycles. The van der Waals surface area contributed by atoms with Crippen molar-refractivity contribution >= 4 is 46.3 Å². The van der Waals surface area contributed by atoms with Gasteiger partial charge in [0.2, 0.25) is 11.8 Å². The topological polar surface area (TPSA) is 120 Å². The van der Waals surface area contributed by atoms with Crippen molar-refractivity contribution in [2.45, 2.75) is 51.4 Å². The van der Waals surface area contributed by atoms with E-state index in [-0.39, 0.29) is 17.6 Å². The molecule has 0 spiro atoms. The molecule has 0 bridgehead atoms. The lowest BCUT2D eigenvalue weighted by molar-refractivity contribution is -0.118. The third-order valence-electron chi connectivity index (χ3n) is 6.97. The Morgan fingerprint density at radius 2 is 1.98 bits per heavy atom. The van der Waals surface area contributed by atoms with Crippen LogP contribution in [-0.4, -0.2) is 35.8 Å². The molecule has 210 valence electrons. The van der Waals surface area contributed by atoms with E-state index >= 15 is 0 Å². The van der Waals surface area contributed by atoms with Gasteiger partial charge in [0, 0.05) is 24.2 Å². The molecule has 0 atom stereocenters. The number of nitrogens with zero attached hydrogens (tertiary/aromatic N) is 2. The monoisotopic (exact) mass is 561 g/mol. The van der Waals surface area contributed by atoms with E-state index in [1.165, 1.54) is 6.08 Å². The van der Waals surface area contributed by atoms with E-state index in [1.807, 2.05) is 30.3 Å². The van der Waals surface area contributed by atoms with E-state index in [2.05, 4.69) is 23.3 Å². The molecule has 2 amide bonds. The highest BCUT2D eigenvalue weighted by Gasteiger charge is 2.25. The van der Waals surface area contributed by atoms with Gasteiger partial charge in [0.05, 0.1) is 22.1 Å². The highest BCUT2D eigenvalue weighted by molar-refractivity contribution is 6.43. The summed E-state index contributed by atoms with van der Waals surface area (Å²) in [6, 6.07) is 11.1. The third kappa shape index (κ3) is 7.20. The number of amidine groups is 1. The number of para-hydroxylation sites is 2. The normalized spacial score (nSPS) is 17.9. The molecule has 2 aliphatic rings. The summed E-state index contributed by atoms with van der Waals surface area (Å²) in [6.07, 6.45) is 10.6. The number of hydrogen-bond acceptors (Lipinski definition) is 5. The number of halogens is 1. The summed E-state index contributed by atoms with van der Waals surface area (Å²) in [6.45, 7) is 4.56. The Hall–Kier alpha value is -3.88. The van der Waals surface area contributed by atoms with Crippen molar-refractivity contribution in [1.29, 1.82) is 0 Å². The van der Waals surface area contributed by atoms with Crippen LogP contribution in [0, 0.1) is 0 Å². The van der Waals surface area contributed by atoms with Gasteiger partial charge in [-0.1, -0.05) is 48.5 Å². The van der Waals surface area contributed by atoms with Gasteiger partial charge in [-0.2, -0.15) is 0 Å². The summed E-state index contributed by atoms with van der Waals surface area (Å²) >= 11 is 6.62. The minimum absolute atomic E-state index is 0.0746. The second-order valence-corrected chi connectivity index (χ2v) is 10.2. The summed E-state index contributed by atoms with van der Waals surface area (Å²) in [5.74, 6) is 0.488. The lowest BCUT2D eigenvalue weighted by Crippen LogP contribution is -2.32. The number of aryl methyl sites for hydroxylation is 1. The number of allylic oxidation sites excluding steroid dienone is 3. The summed E-state index contributed by atoms with van der Waals surface area (Å²) in [5.41, 5.74) is 10.2. The van der Waals surface area contributed by atoms with Crippen LogP contribution in [0.4, 0.5) is 17.1 Å². The highest BCUT2D eigenvalue weighted by Crippen LogP contribution is 2.37. The second kappa shape index (κ2) is 14.0. The van der Waals surface area contributed by atoms with Gasteiger partial charge in [-0.05, 0) is 81.3 Å². The zero-order valence-electron chi connectivity index (χ0n) is 22.6. The number of carbonyl (C=O) groups excluding carboxylic acids is 2. The number of phenols is 1. The van der Waals surface area contributed by atoms with E-state index in [1.54, 1.807) is 17.0 Å². The van der Waals surface area contributed by atoms with Gasteiger partial charge in [-0.25, -0.2) is 4.99 Å². The number of aromatic hydroxyl groups is 1. The molecule has 0 radical (unpaired) electrons. The minimum atomic E-state index is -0.326. The average Bonchev–Trinajstić information content (AvgIpc) is 3.11. The van der Waals surface area contributed by atoms with Crippen LogP contribution in [0.5, 0.6) is 5.75 Å². The standard InChI is InChI=1S/C31H36ClN5O3/c1-2-28(38)35-25-12-5-6-13-26(25)36-31-24(32)11-4-3-9-22(34-31)17-15-21-16-18-27-23(30(21)40)10-7-14-29(39)37(27)20-8-19-33/h2,5-6,9,11-13,16,18,40H,1,3-4,7-8,10,14-15,17,19-20,33H2,(H,34,36)(H,35,38)/b22-9+,24-11?. The summed E-state index contributed by atoms with van der Waals surface area (Å²) < 4.78 is 0. The van der Waals surface area contributed by atoms with Gasteiger partial charge < -0.3 is 26.4 Å². The first-order valence-electron chi connectivity index (χ1n) is 13.7. The van der Waals surface area contributed by atoms with Crippen molar-refractivity contribution in [2.75, 3.05) is 23.3 Å². The van der Waals surface area contributed by atoms with Crippen LogP contribution in [0.2, 0.25) is 0 Å². The predicted octanol–water partition coefficient (Wildman–Crippen LogP) is 5.59. The number of aliphatic imine (C=N–C) groups is 1. The van der Waals surface area contributed by atoms with Crippen LogP contribution >= 0.6 is 11.6 Å². The number of benzene rings is 2. The number of fused-ring (bicyclic) bond motifs is 1. The number of nitrogens with two attached hydrogens (primary N) is 1. The molecule has 9 heteroatoms. The van der Waals surface area contributed by atoms with Gasteiger partial charge in [0.25, 0.3) is 0 Å². The van der Waals surface area contributed by atoms with Crippen molar-refractivity contribution in [2.24, 2.45) is 10.7 Å². The molecular weight excluding hydrogens is 526 g/mol. The molecule has 0 aromatic heterocycles. The Morgan fingerprint density at radius 3 is 2.77 bits per heavy atom. The maximum atomic E-state index is 12.7. The summed E-state index contributed by atoms with van der Waals surface area (Å²) in [5, 5.41) is 17.9. The van der Waals surface area contributed by atoms with Crippen LogP contribution in [0.3, 0.4) is 0 Å². The third-order valence-corrected chi connectivity index (χ3v) is 7.30. The van der Waals surface area contributed by atoms with E-state index in [4.69, 9.17) is 22.3 Å². The van der Waals surface area contributed by atoms with Gasteiger partial charge in [-0.3, -0.25) is 9.59 Å². The van der Waals surface area contributed by atoms with Crippen molar-refractivity contribution in [3.63, 3.8) is 0 Å². The first-order chi connectivity index (χ1) is 19.4. The van der Waals surface area contributed by atoms with Crippen LogP contribution in [0.25, 0.3) is 0 Å². The van der Waals surface area contributed by atoms with E-state index in [0.29, 0.717) is 73.9 Å². The number of rotatable bonds is 9. The number of nitrogens with one attached hydrogen (secondary N) is 2. The Labute approximate surface area is 240 Å². The van der Waals surface area contributed by atoms with Crippen molar-refractivity contribution in [1.82, 2.24) is 5.32 Å². The fourth-order valence-electron chi connectivity index (χ4n) is 4.88. The fraction of sp³-hybridized carbons (Fsp3) is 0.323. The second-order valence-electron chi connectivity index (χ2n) is 9.77. The minimum Gasteiger partial charge on any atom is -0.507 e. The lowest BCUT2D eigenvalue weighted by atomic mass is 9.98. The van der Waals surface area contributed by atoms with Crippen LogP contribution < -0.4 is 21.3 Å². The van der Waals surface area contributed by atoms with Gasteiger partial charge >= 0.3 is 0 Å². The number of anilines is 2. The van der Waals surface area contributed by atoms with Gasteiger partial charge in [-0.15, -0.1) is 0 Å². The molecular formula is C31H36ClN5O3. The van der Waals surface area contributed by atoms with Gasteiger partial charge in [0.15, 0.2) is 0 Å². The molecule has 0 unspecified atom stereocenters. The van der Waals surface area contributed by atoms with E-state index in [0.717, 1.165) is 35.4 Å². The zero-order valence-corrected chi connectivity index (χ0v) is 23.3. The fourth-order valence-corrected chi connectivity index (χ4v) is 5.08. The quantitative estimate of drug-likeness (QED) is 0.298. The van der Waals surface area contributed by atoms with Crippen molar-refractivity contribution < 1.29 is 14.7 Å². The van der Waals surface area contributed by atoms with E-state index < -0.39 is 0 Å². The molecule has 2 aromatic rings.